The predicted molar refractivity (Wildman–Crippen MR) is 82.1 cm³/mol. The van der Waals surface area contributed by atoms with Crippen molar-refractivity contribution < 1.29 is 17.9 Å². The lowest BCUT2D eigenvalue weighted by Gasteiger charge is -2.02. The van der Waals surface area contributed by atoms with Crippen molar-refractivity contribution in [3.8, 4) is 0 Å². The van der Waals surface area contributed by atoms with Gasteiger partial charge in [0.15, 0.2) is 0 Å². The number of rotatable bonds is 5. The maximum atomic E-state index is 11.9. The Morgan fingerprint density at radius 1 is 1.09 bits per heavy atom. The largest absolute Gasteiger partial charge is 0.465 e. The minimum Gasteiger partial charge on any atom is -0.465 e. The molecule has 7 heteroatoms. The maximum Gasteiger partial charge on any atom is 0.337 e. The summed E-state index contributed by atoms with van der Waals surface area (Å²) < 4.78 is 28.4. The fourth-order valence-electron chi connectivity index (χ4n) is 1.65. The van der Waals surface area contributed by atoms with Crippen molar-refractivity contribution in [1.29, 1.82) is 0 Å². The van der Waals surface area contributed by atoms with Crippen molar-refractivity contribution >= 4 is 22.2 Å². The van der Waals surface area contributed by atoms with Gasteiger partial charge in [-0.3, -0.25) is 0 Å². The summed E-state index contributed by atoms with van der Waals surface area (Å²) >= 11 is 0. The summed E-state index contributed by atoms with van der Waals surface area (Å²) in [6.45, 7) is 0. The van der Waals surface area contributed by atoms with Gasteiger partial charge in [-0.05, 0) is 29.8 Å². The van der Waals surface area contributed by atoms with Crippen LogP contribution in [0.25, 0.3) is 0 Å². The highest BCUT2D eigenvalue weighted by atomic mass is 32.2. The van der Waals surface area contributed by atoms with Gasteiger partial charge in [-0.15, -0.1) is 0 Å². The molecule has 2 rings (SSSR count). The van der Waals surface area contributed by atoms with Gasteiger partial charge in [0.2, 0.25) is 0 Å². The number of ether oxygens (including phenoxy) is 1. The summed E-state index contributed by atoms with van der Waals surface area (Å²) in [5.41, 5.74) is 1.05. The van der Waals surface area contributed by atoms with Gasteiger partial charge in [-0.25, -0.2) is 9.63 Å². The summed E-state index contributed by atoms with van der Waals surface area (Å²) in [4.78, 5) is 13.5. The zero-order valence-electron chi connectivity index (χ0n) is 11.8. The van der Waals surface area contributed by atoms with Gasteiger partial charge < -0.3 is 4.74 Å². The van der Waals surface area contributed by atoms with Gasteiger partial charge in [-0.1, -0.05) is 30.3 Å². The van der Waals surface area contributed by atoms with Crippen molar-refractivity contribution in [3.05, 3.63) is 65.7 Å². The second-order valence-electron chi connectivity index (χ2n) is 4.28. The quantitative estimate of drug-likeness (QED) is 0.517. The molecule has 0 spiro atoms. The van der Waals surface area contributed by atoms with Crippen molar-refractivity contribution in [1.82, 2.24) is 4.83 Å². The average Bonchev–Trinajstić information content (AvgIpc) is 2.55. The SMILES string of the molecule is COC(=O)c1ccc(/C=N/NS(=O)(=O)c2ccccc2)cc1. The molecular weight excluding hydrogens is 304 g/mol. The van der Waals surface area contributed by atoms with E-state index in [4.69, 9.17) is 0 Å². The van der Waals surface area contributed by atoms with Crippen molar-refractivity contribution in [3.63, 3.8) is 0 Å². The molecule has 2 aromatic rings. The van der Waals surface area contributed by atoms with Crippen LogP contribution in [-0.2, 0) is 14.8 Å². The molecule has 0 saturated heterocycles. The van der Waals surface area contributed by atoms with E-state index >= 15 is 0 Å². The predicted octanol–water partition coefficient (Wildman–Crippen LogP) is 1.79. The van der Waals surface area contributed by atoms with Gasteiger partial charge in [0.1, 0.15) is 0 Å². The van der Waals surface area contributed by atoms with Crippen molar-refractivity contribution in [2.75, 3.05) is 7.11 Å². The maximum absolute atomic E-state index is 11.9. The first-order chi connectivity index (χ1) is 10.5. The summed E-state index contributed by atoms with van der Waals surface area (Å²) in [6.07, 6.45) is 1.35. The van der Waals surface area contributed by atoms with Crippen molar-refractivity contribution in [2.45, 2.75) is 4.90 Å². The molecule has 0 saturated carbocycles. The summed E-state index contributed by atoms with van der Waals surface area (Å²) in [6, 6.07) is 14.3. The van der Waals surface area contributed by atoms with Gasteiger partial charge in [0.25, 0.3) is 10.0 Å². The molecular formula is C15H14N2O4S. The van der Waals surface area contributed by atoms with E-state index in [0.717, 1.165) is 0 Å². The number of hydrogen-bond acceptors (Lipinski definition) is 5. The van der Waals surface area contributed by atoms with Crippen LogP contribution in [0.2, 0.25) is 0 Å². The third kappa shape index (κ3) is 3.92. The smallest absolute Gasteiger partial charge is 0.337 e. The minimum absolute atomic E-state index is 0.133. The van der Waals surface area contributed by atoms with E-state index in [2.05, 4.69) is 14.7 Å². The van der Waals surface area contributed by atoms with E-state index in [1.807, 2.05) is 0 Å². The van der Waals surface area contributed by atoms with E-state index in [1.54, 1.807) is 42.5 Å². The lowest BCUT2D eigenvalue weighted by molar-refractivity contribution is 0.0600. The second-order valence-corrected chi connectivity index (χ2v) is 5.94. The zero-order valence-corrected chi connectivity index (χ0v) is 12.6. The Bertz CT molecular complexity index is 769. The highest BCUT2D eigenvalue weighted by Crippen LogP contribution is 2.07. The van der Waals surface area contributed by atoms with E-state index in [1.165, 1.54) is 25.5 Å². The molecule has 0 aliphatic rings. The monoisotopic (exact) mass is 318 g/mol. The number of methoxy groups -OCH3 is 1. The molecule has 6 nitrogen and oxygen atoms in total. The van der Waals surface area contributed by atoms with E-state index < -0.39 is 16.0 Å². The van der Waals surface area contributed by atoms with E-state index in [-0.39, 0.29) is 4.90 Å². The van der Waals surface area contributed by atoms with Crippen LogP contribution >= 0.6 is 0 Å². The molecule has 0 atom stereocenters. The van der Waals surface area contributed by atoms with Crippen LogP contribution in [0.5, 0.6) is 0 Å². The van der Waals surface area contributed by atoms with Crippen LogP contribution in [0.3, 0.4) is 0 Å². The number of nitrogens with zero attached hydrogens (tertiary/aromatic N) is 1. The lowest BCUT2D eigenvalue weighted by atomic mass is 10.1. The molecule has 0 bridgehead atoms. The fourth-order valence-corrected chi connectivity index (χ4v) is 2.46. The summed E-state index contributed by atoms with van der Waals surface area (Å²) in [5, 5.41) is 3.71. The molecule has 1 N–H and O–H groups in total. The number of hydrogen-bond donors (Lipinski definition) is 1. The van der Waals surface area contributed by atoms with Crippen LogP contribution in [0.4, 0.5) is 0 Å². The highest BCUT2D eigenvalue weighted by Gasteiger charge is 2.11. The fraction of sp³-hybridized carbons (Fsp3) is 0.0667. The molecule has 0 heterocycles. The first kappa shape index (κ1) is 15.7. The normalized spacial score (nSPS) is 11.3. The van der Waals surface area contributed by atoms with Gasteiger partial charge in [0, 0.05) is 0 Å². The zero-order chi connectivity index (χ0) is 16.0. The number of carbonyl (C=O) groups is 1. The summed E-state index contributed by atoms with van der Waals surface area (Å²) in [7, 11) is -2.38. The topological polar surface area (TPSA) is 84.8 Å². The third-order valence-electron chi connectivity index (χ3n) is 2.77. The Morgan fingerprint density at radius 2 is 1.73 bits per heavy atom. The van der Waals surface area contributed by atoms with E-state index in [9.17, 15) is 13.2 Å². The molecule has 0 unspecified atom stereocenters. The Hall–Kier alpha value is -2.67. The molecule has 0 aromatic heterocycles. The Morgan fingerprint density at radius 3 is 2.32 bits per heavy atom. The number of benzene rings is 2. The molecule has 0 aliphatic carbocycles. The minimum atomic E-state index is -3.68. The van der Waals surface area contributed by atoms with Gasteiger partial charge in [0.05, 0.1) is 23.8 Å². The van der Waals surface area contributed by atoms with Crippen LogP contribution in [0.1, 0.15) is 15.9 Å². The number of esters is 1. The first-order valence-electron chi connectivity index (χ1n) is 6.31. The van der Waals surface area contributed by atoms with Crippen molar-refractivity contribution in [2.24, 2.45) is 5.10 Å². The number of sulfonamides is 1. The number of carbonyl (C=O) groups excluding carboxylic acids is 1. The molecule has 2 aromatic carbocycles. The summed E-state index contributed by atoms with van der Waals surface area (Å²) in [5.74, 6) is -0.437. The lowest BCUT2D eigenvalue weighted by Crippen LogP contribution is -2.18. The van der Waals surface area contributed by atoms with Gasteiger partial charge >= 0.3 is 5.97 Å². The second kappa shape index (κ2) is 6.86. The Balaban J connectivity index is 2.05. The first-order valence-corrected chi connectivity index (χ1v) is 7.79. The van der Waals surface area contributed by atoms with Crippen LogP contribution < -0.4 is 4.83 Å². The molecule has 0 fully saturated rings. The van der Waals surface area contributed by atoms with E-state index in [0.29, 0.717) is 11.1 Å². The molecule has 0 radical (unpaired) electrons. The van der Waals surface area contributed by atoms with Crippen LogP contribution in [0, 0.1) is 0 Å². The highest BCUT2D eigenvalue weighted by molar-refractivity contribution is 7.89. The van der Waals surface area contributed by atoms with Crippen LogP contribution in [0.15, 0.2) is 64.6 Å². The number of nitrogens with one attached hydrogen (secondary N) is 1. The number of hydrazone groups is 1. The standard InChI is InChI=1S/C15H14N2O4S/c1-21-15(18)13-9-7-12(8-10-13)11-16-17-22(19,20)14-5-3-2-4-6-14/h2-11,17H,1H3/b16-11+. The Kier molecular flexibility index (Phi) is 4.90. The Labute approximate surface area is 128 Å². The molecule has 0 amide bonds. The van der Waals surface area contributed by atoms with Crippen LogP contribution in [-0.4, -0.2) is 27.7 Å². The molecule has 22 heavy (non-hydrogen) atoms. The average molecular weight is 318 g/mol. The van der Waals surface area contributed by atoms with Gasteiger partial charge in [-0.2, -0.15) is 13.5 Å². The molecule has 114 valence electrons. The third-order valence-corrected chi connectivity index (χ3v) is 4.01. The molecule has 0 aliphatic heterocycles.